The predicted molar refractivity (Wildman–Crippen MR) is 59.0 cm³/mol. The third-order valence-electron chi connectivity index (χ3n) is 3.98. The lowest BCUT2D eigenvalue weighted by atomic mass is 9.65. The Balaban J connectivity index is 2.13. The van der Waals surface area contributed by atoms with Gasteiger partial charge in [-0.05, 0) is 18.8 Å². The van der Waals surface area contributed by atoms with E-state index >= 15 is 0 Å². The molecule has 0 aliphatic heterocycles. The molecule has 2 unspecified atom stereocenters. The van der Waals surface area contributed by atoms with Gasteiger partial charge in [0.2, 0.25) is 0 Å². The molecule has 0 aromatic carbocycles. The Bertz CT molecular complexity index is 248. The third kappa shape index (κ3) is 1.66. The van der Waals surface area contributed by atoms with E-state index in [0.717, 1.165) is 0 Å². The van der Waals surface area contributed by atoms with Gasteiger partial charge in [-0.25, -0.2) is 0 Å². The van der Waals surface area contributed by atoms with Crippen LogP contribution in [0.15, 0.2) is 24.3 Å². The topological polar surface area (TPSA) is 20.2 Å². The zero-order valence-corrected chi connectivity index (χ0v) is 8.95. The van der Waals surface area contributed by atoms with Crippen molar-refractivity contribution in [2.45, 2.75) is 45.1 Å². The summed E-state index contributed by atoms with van der Waals surface area (Å²) in [5.74, 6) is 0.674. The van der Waals surface area contributed by atoms with Crippen molar-refractivity contribution in [2.75, 3.05) is 0 Å². The zero-order valence-electron chi connectivity index (χ0n) is 8.95. The van der Waals surface area contributed by atoms with Crippen molar-refractivity contribution in [3.8, 4) is 0 Å². The molecule has 0 spiro atoms. The van der Waals surface area contributed by atoms with Gasteiger partial charge in [-0.15, -0.1) is 0 Å². The van der Waals surface area contributed by atoms with E-state index in [1.807, 2.05) is 12.2 Å². The van der Waals surface area contributed by atoms with E-state index in [9.17, 15) is 5.11 Å². The average Bonchev–Trinajstić information content (AvgIpc) is 2.24. The Morgan fingerprint density at radius 1 is 1.14 bits per heavy atom. The summed E-state index contributed by atoms with van der Waals surface area (Å²) < 4.78 is 0. The molecule has 2 aliphatic rings. The maximum atomic E-state index is 10.0. The lowest BCUT2D eigenvalue weighted by Gasteiger charge is -2.41. The molecule has 0 amide bonds. The van der Waals surface area contributed by atoms with Crippen LogP contribution in [-0.4, -0.2) is 11.2 Å². The van der Waals surface area contributed by atoms with E-state index in [0.29, 0.717) is 5.92 Å². The molecular formula is C13H20O. The van der Waals surface area contributed by atoms with Crippen LogP contribution in [0.5, 0.6) is 0 Å². The smallest absolute Gasteiger partial charge is 0.0814 e. The normalized spacial score (nSPS) is 38.9. The lowest BCUT2D eigenvalue weighted by molar-refractivity contribution is 0.0455. The number of aliphatic hydroxyl groups excluding tert-OH is 1. The molecule has 2 atom stereocenters. The second kappa shape index (κ2) is 3.90. The first-order valence-electron chi connectivity index (χ1n) is 5.77. The van der Waals surface area contributed by atoms with Crippen LogP contribution >= 0.6 is 0 Å². The summed E-state index contributed by atoms with van der Waals surface area (Å²) >= 11 is 0. The number of allylic oxidation sites excluding steroid dienone is 2. The summed E-state index contributed by atoms with van der Waals surface area (Å²) in [5.41, 5.74) is -0.00479. The third-order valence-corrected chi connectivity index (χ3v) is 3.98. The summed E-state index contributed by atoms with van der Waals surface area (Å²) in [7, 11) is 0. The monoisotopic (exact) mass is 192 g/mol. The molecule has 0 aromatic heterocycles. The summed E-state index contributed by atoms with van der Waals surface area (Å²) in [5, 5.41) is 10.0. The molecule has 1 N–H and O–H groups in total. The van der Waals surface area contributed by atoms with E-state index in [1.54, 1.807) is 0 Å². The van der Waals surface area contributed by atoms with Crippen LogP contribution in [0.25, 0.3) is 0 Å². The van der Waals surface area contributed by atoms with Crippen LogP contribution in [0.1, 0.15) is 39.0 Å². The van der Waals surface area contributed by atoms with Crippen LogP contribution in [-0.2, 0) is 0 Å². The maximum Gasteiger partial charge on any atom is 0.0814 e. The minimum absolute atomic E-state index is 0.00479. The Kier molecular flexibility index (Phi) is 2.78. The van der Waals surface area contributed by atoms with Crippen LogP contribution in [0.3, 0.4) is 0 Å². The fraction of sp³-hybridized carbons (Fsp3) is 0.692. The molecule has 0 aromatic rings. The van der Waals surface area contributed by atoms with E-state index in [-0.39, 0.29) is 11.5 Å². The van der Waals surface area contributed by atoms with Crippen molar-refractivity contribution >= 4 is 0 Å². The molecule has 0 bridgehead atoms. The van der Waals surface area contributed by atoms with E-state index in [2.05, 4.69) is 19.1 Å². The van der Waals surface area contributed by atoms with E-state index < -0.39 is 0 Å². The lowest BCUT2D eigenvalue weighted by Crippen LogP contribution is -2.38. The van der Waals surface area contributed by atoms with Crippen LogP contribution in [0.4, 0.5) is 0 Å². The first-order chi connectivity index (χ1) is 6.73. The molecule has 2 rings (SSSR count). The van der Waals surface area contributed by atoms with Gasteiger partial charge >= 0.3 is 0 Å². The minimum Gasteiger partial charge on any atom is -0.388 e. The summed E-state index contributed by atoms with van der Waals surface area (Å²) in [4.78, 5) is 0. The van der Waals surface area contributed by atoms with Gasteiger partial charge in [-0.2, -0.15) is 0 Å². The fourth-order valence-corrected chi connectivity index (χ4v) is 2.84. The number of aliphatic hydroxyl groups is 1. The van der Waals surface area contributed by atoms with Gasteiger partial charge in [0, 0.05) is 5.41 Å². The number of hydrogen-bond donors (Lipinski definition) is 1. The van der Waals surface area contributed by atoms with Gasteiger partial charge in [0.05, 0.1) is 6.10 Å². The SMILES string of the molecule is CC1(C2CCCCC2)C=CC=CC1O. The summed E-state index contributed by atoms with van der Waals surface area (Å²) in [6.45, 7) is 2.20. The molecule has 0 heterocycles. The van der Waals surface area contributed by atoms with Gasteiger partial charge in [0.1, 0.15) is 0 Å². The van der Waals surface area contributed by atoms with Crippen molar-refractivity contribution in [3.63, 3.8) is 0 Å². The van der Waals surface area contributed by atoms with E-state index in [4.69, 9.17) is 0 Å². The predicted octanol–water partition coefficient (Wildman–Crippen LogP) is 3.06. The van der Waals surface area contributed by atoms with Crippen molar-refractivity contribution in [1.29, 1.82) is 0 Å². The standard InChI is InChI=1S/C13H20O/c1-13(10-6-5-9-12(13)14)11-7-3-2-4-8-11/h5-6,9-12,14H,2-4,7-8H2,1H3. The Morgan fingerprint density at radius 3 is 2.50 bits per heavy atom. The van der Waals surface area contributed by atoms with Gasteiger partial charge in [-0.3, -0.25) is 0 Å². The molecule has 1 saturated carbocycles. The minimum atomic E-state index is -0.282. The largest absolute Gasteiger partial charge is 0.388 e. The van der Waals surface area contributed by atoms with Crippen molar-refractivity contribution < 1.29 is 5.11 Å². The van der Waals surface area contributed by atoms with Gasteiger partial charge in [0.15, 0.2) is 0 Å². The Labute approximate surface area is 86.5 Å². The highest BCUT2D eigenvalue weighted by Crippen LogP contribution is 2.43. The van der Waals surface area contributed by atoms with Crippen molar-refractivity contribution in [1.82, 2.24) is 0 Å². The average molecular weight is 192 g/mol. The number of hydrogen-bond acceptors (Lipinski definition) is 1. The quantitative estimate of drug-likeness (QED) is 0.677. The molecule has 0 saturated heterocycles. The zero-order chi connectivity index (χ0) is 10.0. The van der Waals surface area contributed by atoms with E-state index in [1.165, 1.54) is 32.1 Å². The van der Waals surface area contributed by atoms with Crippen molar-refractivity contribution in [2.24, 2.45) is 11.3 Å². The highest BCUT2D eigenvalue weighted by Gasteiger charge is 2.38. The van der Waals surface area contributed by atoms with Crippen molar-refractivity contribution in [3.05, 3.63) is 24.3 Å². The first-order valence-corrected chi connectivity index (χ1v) is 5.77. The molecule has 0 radical (unpaired) electrons. The molecule has 1 heteroatoms. The summed E-state index contributed by atoms with van der Waals surface area (Å²) in [6.07, 6.45) is 14.5. The van der Waals surface area contributed by atoms with Crippen LogP contribution < -0.4 is 0 Å². The first kappa shape index (κ1) is 9.97. The molecule has 14 heavy (non-hydrogen) atoms. The Morgan fingerprint density at radius 2 is 1.86 bits per heavy atom. The van der Waals surface area contributed by atoms with Crippen LogP contribution in [0, 0.1) is 11.3 Å². The fourth-order valence-electron chi connectivity index (χ4n) is 2.84. The molecule has 1 nitrogen and oxygen atoms in total. The van der Waals surface area contributed by atoms with Crippen LogP contribution in [0.2, 0.25) is 0 Å². The van der Waals surface area contributed by atoms with Gasteiger partial charge in [0.25, 0.3) is 0 Å². The highest BCUT2D eigenvalue weighted by molar-refractivity contribution is 5.21. The highest BCUT2D eigenvalue weighted by atomic mass is 16.3. The number of rotatable bonds is 1. The molecule has 78 valence electrons. The second-order valence-corrected chi connectivity index (χ2v) is 4.89. The van der Waals surface area contributed by atoms with Gasteiger partial charge < -0.3 is 5.11 Å². The molecular weight excluding hydrogens is 172 g/mol. The maximum absolute atomic E-state index is 10.0. The molecule has 2 aliphatic carbocycles. The van der Waals surface area contributed by atoms with Gasteiger partial charge in [-0.1, -0.05) is 50.5 Å². The Hall–Kier alpha value is -0.560. The summed E-state index contributed by atoms with van der Waals surface area (Å²) in [6, 6.07) is 0. The second-order valence-electron chi connectivity index (χ2n) is 4.89. The molecule has 1 fully saturated rings.